The Bertz CT molecular complexity index is 1140. The van der Waals surface area contributed by atoms with E-state index in [1.54, 1.807) is 6.20 Å². The van der Waals surface area contributed by atoms with Gasteiger partial charge in [0.25, 0.3) is 0 Å². The molecule has 0 radical (unpaired) electrons. The summed E-state index contributed by atoms with van der Waals surface area (Å²) in [5.41, 5.74) is 7.08. The second kappa shape index (κ2) is 13.7. The molecule has 2 aromatic rings. The van der Waals surface area contributed by atoms with E-state index in [1.807, 2.05) is 38.1 Å². The van der Waals surface area contributed by atoms with E-state index in [0.29, 0.717) is 5.56 Å². The molecule has 0 bridgehead atoms. The van der Waals surface area contributed by atoms with Crippen LogP contribution < -0.4 is 21.7 Å². The van der Waals surface area contributed by atoms with Crippen molar-refractivity contribution in [2.24, 2.45) is 11.7 Å². The van der Waals surface area contributed by atoms with E-state index >= 15 is 0 Å². The summed E-state index contributed by atoms with van der Waals surface area (Å²) in [5.74, 6) is -4.99. The molecule has 2 rings (SSSR count). The normalized spacial score (nSPS) is 14.4. The molecule has 202 valence electrons. The fourth-order valence-electron chi connectivity index (χ4n) is 3.72. The summed E-state index contributed by atoms with van der Waals surface area (Å²) in [6.07, 6.45) is 1.28. The standard InChI is InChI=1S/C24H33N5O7S/c1-12(2)7-17(27-23(34)19(11-37)29-21(32)15(25)9-20(30)31)22(33)28-18(24(35)36)8-13-10-26-16-6-4-3-5-14(13)16/h3-6,10,12,15,17-19,26,37H,7-9,11,25H2,1-2H3,(H,27,34)(H,28,33)(H,29,32)(H,30,31)(H,35,36). The van der Waals surface area contributed by atoms with Crippen molar-refractivity contribution in [3.8, 4) is 0 Å². The Labute approximate surface area is 219 Å². The summed E-state index contributed by atoms with van der Waals surface area (Å²) < 4.78 is 0. The van der Waals surface area contributed by atoms with Crippen LogP contribution in [-0.2, 0) is 30.4 Å². The van der Waals surface area contributed by atoms with Gasteiger partial charge in [0.15, 0.2) is 0 Å². The molecular weight excluding hydrogens is 502 g/mol. The predicted molar refractivity (Wildman–Crippen MR) is 139 cm³/mol. The van der Waals surface area contributed by atoms with E-state index in [-0.39, 0.29) is 24.5 Å². The first-order valence-electron chi connectivity index (χ1n) is 11.7. The summed E-state index contributed by atoms with van der Waals surface area (Å²) >= 11 is 4.06. The van der Waals surface area contributed by atoms with Crippen LogP contribution in [0.1, 0.15) is 32.3 Å². The van der Waals surface area contributed by atoms with Gasteiger partial charge in [-0.1, -0.05) is 32.0 Å². The molecule has 1 aromatic heterocycles. The van der Waals surface area contributed by atoms with Crippen molar-refractivity contribution in [3.63, 3.8) is 0 Å². The Hall–Kier alpha value is -3.58. The average Bonchev–Trinajstić information content (AvgIpc) is 3.23. The van der Waals surface area contributed by atoms with Gasteiger partial charge in [-0.15, -0.1) is 0 Å². The van der Waals surface area contributed by atoms with Gasteiger partial charge < -0.3 is 36.9 Å². The molecule has 3 amide bonds. The Kier molecular flexibility index (Phi) is 10.9. The highest BCUT2D eigenvalue weighted by atomic mass is 32.1. The number of rotatable bonds is 14. The molecule has 8 N–H and O–H groups in total. The van der Waals surface area contributed by atoms with Crippen LogP contribution in [0.4, 0.5) is 0 Å². The number of carbonyl (C=O) groups excluding carboxylic acids is 3. The number of hydrogen-bond acceptors (Lipinski definition) is 7. The van der Waals surface area contributed by atoms with Crippen molar-refractivity contribution in [1.82, 2.24) is 20.9 Å². The zero-order valence-corrected chi connectivity index (χ0v) is 21.5. The van der Waals surface area contributed by atoms with E-state index in [1.165, 1.54) is 0 Å². The number of nitrogens with two attached hydrogens (primary N) is 1. The van der Waals surface area contributed by atoms with E-state index in [9.17, 15) is 29.1 Å². The molecule has 1 aromatic carbocycles. The minimum absolute atomic E-state index is 0.0181. The van der Waals surface area contributed by atoms with Gasteiger partial charge in [0.05, 0.1) is 12.5 Å². The van der Waals surface area contributed by atoms with Crippen molar-refractivity contribution < 1.29 is 34.2 Å². The zero-order chi connectivity index (χ0) is 27.7. The van der Waals surface area contributed by atoms with Gasteiger partial charge in [0, 0.05) is 29.3 Å². The fourth-order valence-corrected chi connectivity index (χ4v) is 3.98. The maximum absolute atomic E-state index is 13.1. The van der Waals surface area contributed by atoms with Crippen molar-refractivity contribution in [2.75, 3.05) is 5.75 Å². The molecule has 0 aliphatic rings. The first-order chi connectivity index (χ1) is 17.4. The maximum Gasteiger partial charge on any atom is 0.326 e. The minimum Gasteiger partial charge on any atom is -0.481 e. The molecule has 1 heterocycles. The quantitative estimate of drug-likeness (QED) is 0.155. The molecular formula is C24H33N5O7S. The van der Waals surface area contributed by atoms with Crippen LogP contribution in [0, 0.1) is 5.92 Å². The number of nitrogens with one attached hydrogen (secondary N) is 4. The van der Waals surface area contributed by atoms with E-state index in [4.69, 9.17) is 10.8 Å². The minimum atomic E-state index is -1.37. The maximum atomic E-state index is 13.1. The molecule has 4 atom stereocenters. The highest BCUT2D eigenvalue weighted by Gasteiger charge is 2.31. The first-order valence-corrected chi connectivity index (χ1v) is 12.3. The second-order valence-corrected chi connectivity index (χ2v) is 9.47. The van der Waals surface area contributed by atoms with Crippen molar-refractivity contribution >= 4 is 53.2 Å². The number of amides is 3. The van der Waals surface area contributed by atoms with Gasteiger partial charge in [0.1, 0.15) is 18.1 Å². The summed E-state index contributed by atoms with van der Waals surface area (Å²) in [5, 5.41) is 26.8. The molecule has 0 fully saturated rings. The number of carboxylic acids is 2. The highest BCUT2D eigenvalue weighted by molar-refractivity contribution is 7.80. The number of aromatic nitrogens is 1. The number of aromatic amines is 1. The number of fused-ring (bicyclic) bond motifs is 1. The van der Waals surface area contributed by atoms with Crippen LogP contribution in [0.25, 0.3) is 10.9 Å². The van der Waals surface area contributed by atoms with Gasteiger partial charge in [0.2, 0.25) is 17.7 Å². The Morgan fingerprint density at radius 1 is 0.946 bits per heavy atom. The third kappa shape index (κ3) is 8.79. The molecule has 0 aliphatic carbocycles. The summed E-state index contributed by atoms with van der Waals surface area (Å²) in [4.78, 5) is 63.9. The monoisotopic (exact) mass is 535 g/mol. The lowest BCUT2D eigenvalue weighted by Crippen LogP contribution is -2.58. The molecule has 12 nitrogen and oxygen atoms in total. The molecule has 0 aliphatic heterocycles. The SMILES string of the molecule is CC(C)CC(NC(=O)C(CS)NC(=O)C(N)CC(=O)O)C(=O)NC(Cc1c[nH]c2ccccc12)C(=O)O. The molecule has 0 saturated heterocycles. The average molecular weight is 536 g/mol. The van der Waals surface area contributed by atoms with E-state index in [0.717, 1.165) is 10.9 Å². The van der Waals surface area contributed by atoms with Crippen LogP contribution in [0.5, 0.6) is 0 Å². The lowest BCUT2D eigenvalue weighted by Gasteiger charge is -2.25. The lowest BCUT2D eigenvalue weighted by atomic mass is 10.0. The van der Waals surface area contributed by atoms with Crippen molar-refractivity contribution in [2.45, 2.75) is 57.3 Å². The lowest BCUT2D eigenvalue weighted by molar-refractivity contribution is -0.142. The Morgan fingerprint density at radius 2 is 1.54 bits per heavy atom. The molecule has 0 saturated carbocycles. The highest BCUT2D eigenvalue weighted by Crippen LogP contribution is 2.19. The van der Waals surface area contributed by atoms with E-state index in [2.05, 4.69) is 33.6 Å². The predicted octanol–water partition coefficient (Wildman–Crippen LogP) is 0.0273. The third-order valence-corrected chi connectivity index (χ3v) is 5.97. The first kappa shape index (κ1) is 29.6. The summed E-state index contributed by atoms with van der Waals surface area (Å²) in [6.45, 7) is 3.66. The number of H-pyrrole nitrogens is 1. The van der Waals surface area contributed by atoms with E-state index < -0.39 is 60.2 Å². The number of hydrogen-bond donors (Lipinski definition) is 8. The topological polar surface area (TPSA) is 204 Å². The molecule has 37 heavy (non-hydrogen) atoms. The van der Waals surface area contributed by atoms with Gasteiger partial charge in [-0.3, -0.25) is 19.2 Å². The summed E-state index contributed by atoms with van der Waals surface area (Å²) in [6, 6.07) is 2.45. The Balaban J connectivity index is 2.12. The molecule has 4 unspecified atom stereocenters. The molecule has 0 spiro atoms. The van der Waals surface area contributed by atoms with Crippen LogP contribution in [0.2, 0.25) is 0 Å². The number of aliphatic carboxylic acids is 2. The molecule has 13 heteroatoms. The third-order valence-electron chi connectivity index (χ3n) is 5.60. The number of carbonyl (C=O) groups is 5. The Morgan fingerprint density at radius 3 is 2.14 bits per heavy atom. The van der Waals surface area contributed by atoms with Gasteiger partial charge in [-0.25, -0.2) is 4.79 Å². The fraction of sp³-hybridized carbons (Fsp3) is 0.458. The van der Waals surface area contributed by atoms with Crippen LogP contribution >= 0.6 is 12.6 Å². The van der Waals surface area contributed by atoms with Gasteiger partial charge in [-0.05, 0) is 24.0 Å². The van der Waals surface area contributed by atoms with Crippen LogP contribution in [0.3, 0.4) is 0 Å². The van der Waals surface area contributed by atoms with Crippen LogP contribution in [0.15, 0.2) is 30.5 Å². The number of thiol groups is 1. The number of para-hydroxylation sites is 1. The van der Waals surface area contributed by atoms with Crippen molar-refractivity contribution in [3.05, 3.63) is 36.0 Å². The number of carboxylic acid groups (broad SMARTS) is 2. The van der Waals surface area contributed by atoms with Gasteiger partial charge in [-0.2, -0.15) is 12.6 Å². The zero-order valence-electron chi connectivity index (χ0n) is 20.6. The largest absolute Gasteiger partial charge is 0.481 e. The van der Waals surface area contributed by atoms with Crippen molar-refractivity contribution in [1.29, 1.82) is 0 Å². The van der Waals surface area contributed by atoms with Crippen LogP contribution in [-0.4, -0.2) is 74.8 Å². The smallest absolute Gasteiger partial charge is 0.326 e. The summed E-state index contributed by atoms with van der Waals surface area (Å²) in [7, 11) is 0. The number of benzene rings is 1. The second-order valence-electron chi connectivity index (χ2n) is 9.10. The van der Waals surface area contributed by atoms with Gasteiger partial charge >= 0.3 is 11.9 Å².